The summed E-state index contributed by atoms with van der Waals surface area (Å²) in [5, 5.41) is 15.6. The minimum Gasteiger partial charge on any atom is -0.390 e. The first-order chi connectivity index (χ1) is 14.3. The molecule has 2 aliphatic rings. The number of aryl methyl sites for hydroxylation is 1. The van der Waals surface area contributed by atoms with Gasteiger partial charge in [-0.25, -0.2) is 15.0 Å². The monoisotopic (exact) mass is 444 g/mol. The summed E-state index contributed by atoms with van der Waals surface area (Å²) in [7, 11) is 0. The molecule has 30 heavy (non-hydrogen) atoms. The number of nitrogens with one attached hydrogen (secondary N) is 1. The molecule has 9 heteroatoms. The highest BCUT2D eigenvalue weighted by molar-refractivity contribution is 7.98. The molecule has 0 bridgehead atoms. The van der Waals surface area contributed by atoms with Crippen LogP contribution in [0.15, 0.2) is 29.4 Å². The number of aliphatic hydroxyl groups is 1. The molecular formula is C21H24N4O3S2. The first-order valence-corrected chi connectivity index (χ1v) is 12.0. The SMILES string of the molecule is CSc1nc(C)c(-c2nc3ccccc3s2)c(NC2CC(O)C3OC(C)(C)OC23)n1. The topological polar surface area (TPSA) is 89.4 Å². The molecule has 0 amide bonds. The van der Waals surface area contributed by atoms with Gasteiger partial charge in [-0.2, -0.15) is 0 Å². The average molecular weight is 445 g/mol. The Morgan fingerprint density at radius 2 is 1.93 bits per heavy atom. The van der Waals surface area contributed by atoms with E-state index < -0.39 is 11.9 Å². The number of anilines is 1. The molecule has 158 valence electrons. The van der Waals surface area contributed by atoms with Crippen molar-refractivity contribution in [3.63, 3.8) is 0 Å². The van der Waals surface area contributed by atoms with E-state index in [0.717, 1.165) is 32.3 Å². The maximum Gasteiger partial charge on any atom is 0.189 e. The normalized spacial score (nSPS) is 27.5. The van der Waals surface area contributed by atoms with Crippen LogP contribution in [0.3, 0.4) is 0 Å². The fourth-order valence-electron chi connectivity index (χ4n) is 4.25. The lowest BCUT2D eigenvalue weighted by Gasteiger charge is -2.24. The van der Waals surface area contributed by atoms with Gasteiger partial charge in [0.25, 0.3) is 0 Å². The lowest BCUT2D eigenvalue weighted by molar-refractivity contribution is -0.162. The van der Waals surface area contributed by atoms with Gasteiger partial charge in [-0.05, 0) is 45.6 Å². The summed E-state index contributed by atoms with van der Waals surface area (Å²) < 4.78 is 13.1. The van der Waals surface area contributed by atoms with Gasteiger partial charge in [0.1, 0.15) is 23.0 Å². The van der Waals surface area contributed by atoms with Crippen LogP contribution in [0.2, 0.25) is 0 Å². The van der Waals surface area contributed by atoms with E-state index in [1.165, 1.54) is 11.8 Å². The number of thioether (sulfide) groups is 1. The number of aliphatic hydroxyl groups excluding tert-OH is 1. The third-order valence-corrected chi connectivity index (χ3v) is 7.12. The van der Waals surface area contributed by atoms with E-state index in [0.29, 0.717) is 11.6 Å². The second-order valence-corrected chi connectivity index (χ2v) is 9.93. The number of nitrogens with zero attached hydrogens (tertiary/aromatic N) is 3. The molecule has 1 aliphatic heterocycles. The highest BCUT2D eigenvalue weighted by atomic mass is 32.2. The Bertz CT molecular complexity index is 1070. The summed E-state index contributed by atoms with van der Waals surface area (Å²) in [6.07, 6.45) is 1.32. The van der Waals surface area contributed by atoms with Crippen LogP contribution in [0.5, 0.6) is 0 Å². The molecule has 2 aromatic heterocycles. The molecule has 3 heterocycles. The van der Waals surface area contributed by atoms with Gasteiger partial charge >= 0.3 is 0 Å². The van der Waals surface area contributed by atoms with Gasteiger partial charge in [-0.3, -0.25) is 0 Å². The van der Waals surface area contributed by atoms with Crippen LogP contribution >= 0.6 is 23.1 Å². The first-order valence-electron chi connectivity index (χ1n) is 9.93. The molecule has 3 aromatic rings. The smallest absolute Gasteiger partial charge is 0.189 e. The number of fused-ring (bicyclic) bond motifs is 2. The summed E-state index contributed by atoms with van der Waals surface area (Å²) in [6, 6.07) is 7.97. The number of benzene rings is 1. The summed E-state index contributed by atoms with van der Waals surface area (Å²) in [5.41, 5.74) is 2.72. The zero-order valence-electron chi connectivity index (χ0n) is 17.2. The number of hydrogen-bond acceptors (Lipinski definition) is 9. The van der Waals surface area contributed by atoms with Crippen molar-refractivity contribution in [3.05, 3.63) is 30.0 Å². The number of ether oxygens (including phenoxy) is 2. The van der Waals surface area contributed by atoms with E-state index in [9.17, 15) is 5.11 Å². The molecule has 1 saturated carbocycles. The Labute approximate surface area is 183 Å². The van der Waals surface area contributed by atoms with Crippen LogP contribution in [-0.4, -0.2) is 56.5 Å². The van der Waals surface area contributed by atoms with E-state index in [-0.39, 0.29) is 18.2 Å². The standard InChI is InChI=1S/C21H24N4O3S2/c1-10-15(19-24-11-7-5-6-8-14(11)30-19)18(25-20(22-10)29-4)23-12-9-13(26)17-16(12)27-21(2,3)28-17/h5-8,12-13,16-17,26H,9H2,1-4H3,(H,22,23,25). The van der Waals surface area contributed by atoms with Gasteiger partial charge in [0.2, 0.25) is 0 Å². The van der Waals surface area contributed by atoms with Gasteiger partial charge in [-0.15, -0.1) is 11.3 Å². The van der Waals surface area contributed by atoms with E-state index in [1.54, 1.807) is 11.3 Å². The number of para-hydroxylation sites is 1. The van der Waals surface area contributed by atoms with Gasteiger partial charge in [-0.1, -0.05) is 23.9 Å². The molecule has 4 atom stereocenters. The average Bonchev–Trinajstić information content (AvgIpc) is 3.34. The molecule has 1 aliphatic carbocycles. The molecule has 0 radical (unpaired) electrons. The molecule has 7 nitrogen and oxygen atoms in total. The van der Waals surface area contributed by atoms with E-state index in [1.807, 2.05) is 45.2 Å². The fourth-order valence-corrected chi connectivity index (χ4v) is 5.72. The van der Waals surface area contributed by atoms with Crippen molar-refractivity contribution in [2.75, 3.05) is 11.6 Å². The van der Waals surface area contributed by atoms with Crippen molar-refractivity contribution in [1.29, 1.82) is 0 Å². The van der Waals surface area contributed by atoms with E-state index in [4.69, 9.17) is 19.4 Å². The maximum absolute atomic E-state index is 10.5. The third-order valence-electron chi connectivity index (χ3n) is 5.52. The number of rotatable bonds is 4. The van der Waals surface area contributed by atoms with Crippen LogP contribution in [0.25, 0.3) is 20.8 Å². The second-order valence-electron chi connectivity index (χ2n) is 8.12. The molecular weight excluding hydrogens is 420 g/mol. The molecule has 1 saturated heterocycles. The van der Waals surface area contributed by atoms with Crippen LogP contribution in [0, 0.1) is 6.92 Å². The first kappa shape index (κ1) is 20.1. The maximum atomic E-state index is 10.5. The predicted octanol–water partition coefficient (Wildman–Crippen LogP) is 3.85. The molecule has 0 spiro atoms. The largest absolute Gasteiger partial charge is 0.390 e. The minimum absolute atomic E-state index is 0.121. The molecule has 4 unspecified atom stereocenters. The highest BCUT2D eigenvalue weighted by Crippen LogP contribution is 2.42. The molecule has 1 aromatic carbocycles. The van der Waals surface area contributed by atoms with Crippen molar-refractivity contribution in [2.24, 2.45) is 0 Å². The van der Waals surface area contributed by atoms with Crippen LogP contribution in [-0.2, 0) is 9.47 Å². The van der Waals surface area contributed by atoms with Crippen molar-refractivity contribution in [1.82, 2.24) is 15.0 Å². The Morgan fingerprint density at radius 3 is 2.70 bits per heavy atom. The zero-order valence-corrected chi connectivity index (χ0v) is 18.9. The molecule has 2 N–H and O–H groups in total. The quantitative estimate of drug-likeness (QED) is 0.463. The van der Waals surface area contributed by atoms with Gasteiger partial charge in [0.05, 0.1) is 33.6 Å². The van der Waals surface area contributed by atoms with Gasteiger partial charge < -0.3 is 19.9 Å². The molecule has 2 fully saturated rings. The summed E-state index contributed by atoms with van der Waals surface area (Å²) in [4.78, 5) is 14.2. The number of hydrogen-bond donors (Lipinski definition) is 2. The summed E-state index contributed by atoms with van der Waals surface area (Å²) >= 11 is 3.13. The van der Waals surface area contributed by atoms with Crippen LogP contribution in [0.1, 0.15) is 26.0 Å². The Hall–Kier alpha value is -1.78. The van der Waals surface area contributed by atoms with Crippen molar-refractivity contribution in [3.8, 4) is 10.6 Å². The van der Waals surface area contributed by atoms with Gasteiger partial charge in [0, 0.05) is 0 Å². The van der Waals surface area contributed by atoms with Crippen molar-refractivity contribution in [2.45, 2.75) is 62.5 Å². The Morgan fingerprint density at radius 1 is 1.17 bits per heavy atom. The second kappa shape index (κ2) is 7.42. The van der Waals surface area contributed by atoms with E-state index >= 15 is 0 Å². The van der Waals surface area contributed by atoms with Crippen molar-refractivity contribution < 1.29 is 14.6 Å². The van der Waals surface area contributed by atoms with Crippen LogP contribution < -0.4 is 5.32 Å². The predicted molar refractivity (Wildman–Crippen MR) is 119 cm³/mol. The zero-order chi connectivity index (χ0) is 21.0. The summed E-state index contributed by atoms with van der Waals surface area (Å²) in [5.74, 6) is 0.00972. The summed E-state index contributed by atoms with van der Waals surface area (Å²) in [6.45, 7) is 5.74. The van der Waals surface area contributed by atoms with Crippen molar-refractivity contribution >= 4 is 39.1 Å². The number of aromatic nitrogens is 3. The minimum atomic E-state index is -0.710. The Kier molecular flexibility index (Phi) is 4.98. The van der Waals surface area contributed by atoms with E-state index in [2.05, 4.69) is 16.4 Å². The Balaban J connectivity index is 1.55. The lowest BCUT2D eigenvalue weighted by Crippen LogP contribution is -2.35. The van der Waals surface area contributed by atoms with Crippen LogP contribution in [0.4, 0.5) is 5.82 Å². The highest BCUT2D eigenvalue weighted by Gasteiger charge is 2.53. The number of thiazole rings is 1. The fraction of sp³-hybridized carbons (Fsp3) is 0.476. The third kappa shape index (κ3) is 3.48. The molecule has 5 rings (SSSR count). The lowest BCUT2D eigenvalue weighted by atomic mass is 10.1. The van der Waals surface area contributed by atoms with Gasteiger partial charge in [0.15, 0.2) is 10.9 Å².